The van der Waals surface area contributed by atoms with Crippen molar-refractivity contribution in [3.05, 3.63) is 0 Å². The van der Waals surface area contributed by atoms with Crippen LogP contribution in [0.15, 0.2) is 0 Å². The quantitative estimate of drug-likeness (QED) is 0.770. The highest BCUT2D eigenvalue weighted by Gasteiger charge is 2.60. The summed E-state index contributed by atoms with van der Waals surface area (Å²) in [6.07, 6.45) is 8.96. The van der Waals surface area contributed by atoms with Crippen molar-refractivity contribution in [2.75, 3.05) is 6.54 Å². The Balaban J connectivity index is 1.63. The van der Waals surface area contributed by atoms with E-state index < -0.39 is 5.60 Å². The minimum Gasteiger partial charge on any atom is -0.390 e. The molecule has 22 heavy (non-hydrogen) atoms. The fourth-order valence-electron chi connectivity index (χ4n) is 6.24. The molecule has 5 rings (SSSR count). The number of carbonyl (C=O) groups is 2. The molecule has 5 nitrogen and oxygen atoms in total. The lowest BCUT2D eigenvalue weighted by atomic mass is 9.50. The molecular formula is C17H26N2O3. The zero-order chi connectivity index (χ0) is 15.4. The average molecular weight is 306 g/mol. The fourth-order valence-corrected chi connectivity index (χ4v) is 6.24. The van der Waals surface area contributed by atoms with E-state index in [0.717, 1.165) is 44.9 Å². The van der Waals surface area contributed by atoms with Crippen LogP contribution in [0.1, 0.15) is 57.8 Å². The molecule has 1 saturated heterocycles. The van der Waals surface area contributed by atoms with Gasteiger partial charge in [0.15, 0.2) is 0 Å². The van der Waals surface area contributed by atoms with Crippen LogP contribution in [0.5, 0.6) is 0 Å². The SMILES string of the molecule is O=CN(C1CCCNC(=O)C1)C12CC3CC(CC(O)(C3)C1)C2. The van der Waals surface area contributed by atoms with Crippen LogP contribution in [-0.2, 0) is 9.59 Å². The lowest BCUT2D eigenvalue weighted by Crippen LogP contribution is -2.67. The van der Waals surface area contributed by atoms with Gasteiger partial charge in [-0.25, -0.2) is 0 Å². The van der Waals surface area contributed by atoms with Gasteiger partial charge in [0.2, 0.25) is 12.3 Å². The smallest absolute Gasteiger partial charge is 0.222 e. The second-order valence-corrected chi connectivity index (χ2v) is 8.27. The van der Waals surface area contributed by atoms with E-state index in [-0.39, 0.29) is 17.5 Å². The minimum absolute atomic E-state index is 0.000139. The van der Waals surface area contributed by atoms with Crippen LogP contribution in [0.25, 0.3) is 0 Å². The maximum absolute atomic E-state index is 12.0. The first-order chi connectivity index (χ1) is 10.5. The van der Waals surface area contributed by atoms with Crippen molar-refractivity contribution in [1.82, 2.24) is 10.2 Å². The van der Waals surface area contributed by atoms with Gasteiger partial charge in [0, 0.05) is 24.5 Å². The van der Waals surface area contributed by atoms with Gasteiger partial charge in [-0.2, -0.15) is 0 Å². The Hall–Kier alpha value is -1.10. The van der Waals surface area contributed by atoms with E-state index in [1.807, 2.05) is 4.90 Å². The Morgan fingerprint density at radius 3 is 2.59 bits per heavy atom. The highest BCUT2D eigenvalue weighted by atomic mass is 16.3. The van der Waals surface area contributed by atoms with Gasteiger partial charge in [-0.3, -0.25) is 9.59 Å². The fraction of sp³-hybridized carbons (Fsp3) is 0.882. The van der Waals surface area contributed by atoms with Gasteiger partial charge in [-0.15, -0.1) is 0 Å². The van der Waals surface area contributed by atoms with Crippen LogP contribution in [0.2, 0.25) is 0 Å². The van der Waals surface area contributed by atoms with Crippen molar-refractivity contribution in [2.24, 2.45) is 11.8 Å². The lowest BCUT2D eigenvalue weighted by molar-refractivity contribution is -0.183. The average Bonchev–Trinajstić information content (AvgIpc) is 2.61. The van der Waals surface area contributed by atoms with Crippen molar-refractivity contribution < 1.29 is 14.7 Å². The molecule has 1 aliphatic heterocycles. The lowest BCUT2D eigenvalue weighted by Gasteiger charge is -2.63. The maximum atomic E-state index is 12.0. The number of hydrogen-bond acceptors (Lipinski definition) is 3. The molecular weight excluding hydrogens is 280 g/mol. The molecule has 0 aromatic rings. The number of hydrogen-bond donors (Lipinski definition) is 2. The molecule has 3 atom stereocenters. The second-order valence-electron chi connectivity index (χ2n) is 8.27. The molecule has 4 bridgehead atoms. The van der Waals surface area contributed by atoms with E-state index in [9.17, 15) is 14.7 Å². The number of nitrogens with zero attached hydrogens (tertiary/aromatic N) is 1. The normalized spacial score (nSPS) is 47.0. The Labute approximate surface area is 131 Å². The van der Waals surface area contributed by atoms with Crippen LogP contribution < -0.4 is 5.32 Å². The third kappa shape index (κ3) is 2.25. The number of aliphatic hydroxyl groups is 1. The molecule has 0 aromatic heterocycles. The molecule has 3 unspecified atom stereocenters. The van der Waals surface area contributed by atoms with E-state index in [1.54, 1.807) is 0 Å². The van der Waals surface area contributed by atoms with Crippen LogP contribution in [-0.4, -0.2) is 46.1 Å². The zero-order valence-corrected chi connectivity index (χ0v) is 13.1. The van der Waals surface area contributed by atoms with Gasteiger partial charge in [0.05, 0.1) is 5.60 Å². The molecule has 2 N–H and O–H groups in total. The number of rotatable bonds is 3. The topological polar surface area (TPSA) is 69.6 Å². The van der Waals surface area contributed by atoms with E-state index >= 15 is 0 Å². The molecule has 2 amide bonds. The first kappa shape index (κ1) is 14.5. The summed E-state index contributed by atoms with van der Waals surface area (Å²) >= 11 is 0. The number of carbonyl (C=O) groups excluding carboxylic acids is 2. The molecule has 122 valence electrons. The first-order valence-electron chi connectivity index (χ1n) is 8.75. The molecule has 5 aliphatic rings. The molecule has 1 heterocycles. The standard InChI is InChI=1S/C17H26N2O3/c20-11-19(14-2-1-3-18-15(21)5-14)16-6-12-4-13(7-16)9-17(22,8-12)10-16/h11-14,22H,1-10H2,(H,18,21). The van der Waals surface area contributed by atoms with E-state index in [2.05, 4.69) is 5.32 Å². The Morgan fingerprint density at radius 2 is 1.95 bits per heavy atom. The highest BCUT2D eigenvalue weighted by Crippen LogP contribution is 2.59. The Kier molecular flexibility index (Phi) is 3.26. The van der Waals surface area contributed by atoms with Gasteiger partial charge in [-0.05, 0) is 63.2 Å². The molecule has 4 saturated carbocycles. The van der Waals surface area contributed by atoms with Gasteiger partial charge in [0.25, 0.3) is 0 Å². The maximum Gasteiger partial charge on any atom is 0.222 e. The zero-order valence-electron chi connectivity index (χ0n) is 13.1. The van der Waals surface area contributed by atoms with E-state index in [0.29, 0.717) is 31.2 Å². The number of amides is 2. The van der Waals surface area contributed by atoms with E-state index in [4.69, 9.17) is 0 Å². The van der Waals surface area contributed by atoms with Crippen molar-refractivity contribution in [2.45, 2.75) is 75.0 Å². The van der Waals surface area contributed by atoms with Crippen LogP contribution in [0.4, 0.5) is 0 Å². The molecule has 0 spiro atoms. The van der Waals surface area contributed by atoms with Gasteiger partial charge in [0.1, 0.15) is 0 Å². The molecule has 5 fully saturated rings. The predicted molar refractivity (Wildman–Crippen MR) is 80.9 cm³/mol. The van der Waals surface area contributed by atoms with Crippen molar-refractivity contribution in [1.29, 1.82) is 0 Å². The summed E-state index contributed by atoms with van der Waals surface area (Å²) in [5.74, 6) is 1.15. The summed E-state index contributed by atoms with van der Waals surface area (Å²) < 4.78 is 0. The summed E-state index contributed by atoms with van der Waals surface area (Å²) in [6.45, 7) is 0.713. The third-order valence-corrected chi connectivity index (χ3v) is 6.51. The van der Waals surface area contributed by atoms with Crippen molar-refractivity contribution >= 4 is 12.3 Å². The summed E-state index contributed by atoms with van der Waals surface area (Å²) in [4.78, 5) is 25.8. The molecule has 0 radical (unpaired) electrons. The van der Waals surface area contributed by atoms with Crippen LogP contribution in [0.3, 0.4) is 0 Å². The minimum atomic E-state index is -0.571. The molecule has 5 heteroatoms. The van der Waals surface area contributed by atoms with Crippen molar-refractivity contribution in [3.8, 4) is 0 Å². The highest BCUT2D eigenvalue weighted by molar-refractivity contribution is 5.77. The van der Waals surface area contributed by atoms with Gasteiger partial charge in [-0.1, -0.05) is 0 Å². The third-order valence-electron chi connectivity index (χ3n) is 6.51. The van der Waals surface area contributed by atoms with Crippen LogP contribution >= 0.6 is 0 Å². The van der Waals surface area contributed by atoms with Gasteiger partial charge < -0.3 is 15.3 Å². The summed E-state index contributed by atoms with van der Waals surface area (Å²) in [5, 5.41) is 13.8. The second kappa shape index (κ2) is 4.95. The monoisotopic (exact) mass is 306 g/mol. The Bertz CT molecular complexity index is 478. The first-order valence-corrected chi connectivity index (χ1v) is 8.75. The molecule has 0 aromatic carbocycles. The van der Waals surface area contributed by atoms with Crippen LogP contribution in [0, 0.1) is 11.8 Å². The van der Waals surface area contributed by atoms with E-state index in [1.165, 1.54) is 6.42 Å². The predicted octanol–water partition coefficient (Wildman–Crippen LogP) is 1.20. The Morgan fingerprint density at radius 1 is 1.23 bits per heavy atom. The molecule has 4 aliphatic carbocycles. The largest absolute Gasteiger partial charge is 0.390 e. The summed E-state index contributed by atoms with van der Waals surface area (Å²) in [6, 6.07) is -0.000139. The van der Waals surface area contributed by atoms with Crippen molar-refractivity contribution in [3.63, 3.8) is 0 Å². The number of nitrogens with one attached hydrogen (secondary N) is 1. The summed E-state index contributed by atoms with van der Waals surface area (Å²) in [5.41, 5.74) is -0.770. The van der Waals surface area contributed by atoms with Gasteiger partial charge >= 0.3 is 0 Å². The summed E-state index contributed by atoms with van der Waals surface area (Å²) in [7, 11) is 0.